The maximum Gasteiger partial charge on any atom is 0.262 e. The summed E-state index contributed by atoms with van der Waals surface area (Å²) in [4.78, 5) is 12.0. The molecule has 0 aromatic heterocycles. The molecular weight excluding hydrogens is 274 g/mol. The zero-order chi connectivity index (χ0) is 15.5. The molecule has 0 radical (unpaired) electrons. The van der Waals surface area contributed by atoms with E-state index >= 15 is 0 Å². The zero-order valence-corrected chi connectivity index (χ0v) is 13.1. The molecule has 0 aliphatic heterocycles. The molecule has 22 heavy (non-hydrogen) atoms. The van der Waals surface area contributed by atoms with E-state index in [0.717, 1.165) is 35.4 Å². The second-order valence-electron chi connectivity index (χ2n) is 5.94. The van der Waals surface area contributed by atoms with Gasteiger partial charge in [0.05, 0.1) is 0 Å². The standard InChI is InChI=1S/C19H21NO2/c1-13-6-7-14(2)18(10-13)22-12-19(21)20-17-9-8-15-4-3-5-16(15)11-17/h6-11H,3-5,12H2,1-2H3,(H,20,21). The van der Waals surface area contributed by atoms with Crippen molar-refractivity contribution in [1.29, 1.82) is 0 Å². The molecule has 0 saturated carbocycles. The Morgan fingerprint density at radius 2 is 1.91 bits per heavy atom. The van der Waals surface area contributed by atoms with E-state index in [2.05, 4.69) is 17.4 Å². The maximum absolute atomic E-state index is 12.0. The SMILES string of the molecule is Cc1ccc(C)c(OCC(=O)Nc2ccc3c(c2)CCC3)c1. The third-order valence-electron chi connectivity index (χ3n) is 4.08. The number of hydrogen-bond acceptors (Lipinski definition) is 2. The van der Waals surface area contributed by atoms with Crippen molar-refractivity contribution in [3.05, 3.63) is 58.7 Å². The number of nitrogens with one attached hydrogen (secondary N) is 1. The highest BCUT2D eigenvalue weighted by Crippen LogP contribution is 2.25. The number of hydrogen-bond donors (Lipinski definition) is 1. The summed E-state index contributed by atoms with van der Waals surface area (Å²) in [6.07, 6.45) is 3.47. The Hall–Kier alpha value is -2.29. The Kier molecular flexibility index (Phi) is 4.14. The van der Waals surface area contributed by atoms with Crippen LogP contribution in [0.5, 0.6) is 5.75 Å². The van der Waals surface area contributed by atoms with Crippen LogP contribution < -0.4 is 10.1 Å². The summed E-state index contributed by atoms with van der Waals surface area (Å²) in [5.74, 6) is 0.642. The van der Waals surface area contributed by atoms with Crippen LogP contribution in [-0.4, -0.2) is 12.5 Å². The average Bonchev–Trinajstić information content (AvgIpc) is 2.96. The third kappa shape index (κ3) is 3.30. The number of benzene rings is 2. The van der Waals surface area contributed by atoms with Gasteiger partial charge in [-0.25, -0.2) is 0 Å². The normalized spacial score (nSPS) is 12.8. The molecule has 114 valence electrons. The van der Waals surface area contributed by atoms with E-state index in [1.807, 2.05) is 38.1 Å². The maximum atomic E-state index is 12.0. The molecule has 0 spiro atoms. The van der Waals surface area contributed by atoms with Crippen molar-refractivity contribution in [3.8, 4) is 5.75 Å². The lowest BCUT2D eigenvalue weighted by atomic mass is 10.1. The van der Waals surface area contributed by atoms with Crippen LogP contribution in [0.4, 0.5) is 5.69 Å². The summed E-state index contributed by atoms with van der Waals surface area (Å²) in [5.41, 5.74) is 5.78. The summed E-state index contributed by atoms with van der Waals surface area (Å²) in [6.45, 7) is 4.02. The Bertz CT molecular complexity index is 707. The zero-order valence-electron chi connectivity index (χ0n) is 13.1. The van der Waals surface area contributed by atoms with Crippen molar-refractivity contribution in [2.45, 2.75) is 33.1 Å². The number of carbonyl (C=O) groups excluding carboxylic acids is 1. The van der Waals surface area contributed by atoms with Crippen molar-refractivity contribution in [2.24, 2.45) is 0 Å². The number of fused-ring (bicyclic) bond motifs is 1. The van der Waals surface area contributed by atoms with Crippen molar-refractivity contribution >= 4 is 11.6 Å². The summed E-state index contributed by atoms with van der Waals surface area (Å²) in [7, 11) is 0. The summed E-state index contributed by atoms with van der Waals surface area (Å²) in [5, 5.41) is 2.91. The predicted octanol–water partition coefficient (Wildman–Crippen LogP) is 3.81. The fourth-order valence-corrected chi connectivity index (χ4v) is 2.85. The first kappa shape index (κ1) is 14.6. The molecular formula is C19H21NO2. The van der Waals surface area contributed by atoms with Crippen LogP contribution in [-0.2, 0) is 17.6 Å². The van der Waals surface area contributed by atoms with Gasteiger partial charge in [-0.05, 0) is 73.6 Å². The molecule has 3 nitrogen and oxygen atoms in total. The highest BCUT2D eigenvalue weighted by Gasteiger charge is 2.12. The van der Waals surface area contributed by atoms with Gasteiger partial charge in [-0.3, -0.25) is 4.79 Å². The minimum absolute atomic E-state index is 0.0291. The van der Waals surface area contributed by atoms with Crippen molar-refractivity contribution in [1.82, 2.24) is 0 Å². The Morgan fingerprint density at radius 3 is 2.77 bits per heavy atom. The van der Waals surface area contributed by atoms with Gasteiger partial charge in [0, 0.05) is 5.69 Å². The molecule has 0 saturated heterocycles. The van der Waals surface area contributed by atoms with Gasteiger partial charge in [0.1, 0.15) is 5.75 Å². The molecule has 1 aliphatic carbocycles. The van der Waals surface area contributed by atoms with Gasteiger partial charge in [-0.15, -0.1) is 0 Å². The van der Waals surface area contributed by atoms with Crippen LogP contribution in [0.3, 0.4) is 0 Å². The molecule has 3 heteroatoms. The number of rotatable bonds is 4. The van der Waals surface area contributed by atoms with Crippen LogP contribution in [0.15, 0.2) is 36.4 Å². The highest BCUT2D eigenvalue weighted by molar-refractivity contribution is 5.92. The van der Waals surface area contributed by atoms with Gasteiger partial charge in [0.2, 0.25) is 0 Å². The fraction of sp³-hybridized carbons (Fsp3) is 0.316. The van der Waals surface area contributed by atoms with Crippen LogP contribution in [0.2, 0.25) is 0 Å². The second-order valence-corrected chi connectivity index (χ2v) is 5.94. The smallest absolute Gasteiger partial charge is 0.262 e. The van der Waals surface area contributed by atoms with Crippen molar-refractivity contribution in [2.75, 3.05) is 11.9 Å². The van der Waals surface area contributed by atoms with Gasteiger partial charge in [-0.1, -0.05) is 18.2 Å². The Labute approximate surface area is 131 Å². The molecule has 0 atom stereocenters. The Morgan fingerprint density at radius 1 is 1.09 bits per heavy atom. The molecule has 2 aromatic carbocycles. The lowest BCUT2D eigenvalue weighted by Crippen LogP contribution is -2.20. The van der Waals surface area contributed by atoms with Gasteiger partial charge in [0.15, 0.2) is 6.61 Å². The largest absolute Gasteiger partial charge is 0.483 e. The lowest BCUT2D eigenvalue weighted by molar-refractivity contribution is -0.118. The minimum atomic E-state index is -0.126. The van der Waals surface area contributed by atoms with E-state index in [9.17, 15) is 4.79 Å². The molecule has 1 N–H and O–H groups in total. The van der Waals surface area contributed by atoms with Crippen LogP contribution in [0, 0.1) is 13.8 Å². The first-order valence-corrected chi connectivity index (χ1v) is 7.73. The van der Waals surface area contributed by atoms with Gasteiger partial charge in [0.25, 0.3) is 5.91 Å². The minimum Gasteiger partial charge on any atom is -0.483 e. The van der Waals surface area contributed by atoms with E-state index in [0.29, 0.717) is 0 Å². The van der Waals surface area contributed by atoms with E-state index < -0.39 is 0 Å². The summed E-state index contributed by atoms with van der Waals surface area (Å²) < 4.78 is 5.63. The molecule has 2 aromatic rings. The molecule has 0 unspecified atom stereocenters. The van der Waals surface area contributed by atoms with E-state index in [-0.39, 0.29) is 12.5 Å². The van der Waals surface area contributed by atoms with Gasteiger partial charge in [-0.2, -0.15) is 0 Å². The first-order valence-electron chi connectivity index (χ1n) is 7.73. The molecule has 1 amide bonds. The van der Waals surface area contributed by atoms with Crippen molar-refractivity contribution < 1.29 is 9.53 Å². The number of aryl methyl sites for hydroxylation is 4. The molecule has 1 aliphatic rings. The molecule has 3 rings (SSSR count). The topological polar surface area (TPSA) is 38.3 Å². The summed E-state index contributed by atoms with van der Waals surface area (Å²) >= 11 is 0. The van der Waals surface area contributed by atoms with Crippen molar-refractivity contribution in [3.63, 3.8) is 0 Å². The summed E-state index contributed by atoms with van der Waals surface area (Å²) in [6, 6.07) is 12.2. The Balaban J connectivity index is 1.59. The average molecular weight is 295 g/mol. The number of anilines is 1. The monoisotopic (exact) mass is 295 g/mol. The fourth-order valence-electron chi connectivity index (χ4n) is 2.85. The van der Waals surface area contributed by atoms with Gasteiger partial charge < -0.3 is 10.1 Å². The van der Waals surface area contributed by atoms with Crippen LogP contribution in [0.25, 0.3) is 0 Å². The lowest BCUT2D eigenvalue weighted by Gasteiger charge is -2.11. The van der Waals surface area contributed by atoms with E-state index in [4.69, 9.17) is 4.74 Å². The highest BCUT2D eigenvalue weighted by atomic mass is 16.5. The van der Waals surface area contributed by atoms with Crippen LogP contribution in [0.1, 0.15) is 28.7 Å². The third-order valence-corrected chi connectivity index (χ3v) is 4.08. The molecule has 0 heterocycles. The van der Waals surface area contributed by atoms with Gasteiger partial charge >= 0.3 is 0 Å². The predicted molar refractivity (Wildman–Crippen MR) is 88.5 cm³/mol. The quantitative estimate of drug-likeness (QED) is 0.931. The number of carbonyl (C=O) groups is 1. The second kappa shape index (κ2) is 6.22. The number of amides is 1. The van der Waals surface area contributed by atoms with Crippen LogP contribution >= 0.6 is 0 Å². The molecule has 0 fully saturated rings. The van der Waals surface area contributed by atoms with E-state index in [1.165, 1.54) is 17.5 Å². The molecule has 0 bridgehead atoms. The van der Waals surface area contributed by atoms with E-state index in [1.54, 1.807) is 0 Å². The first-order chi connectivity index (χ1) is 10.6. The number of ether oxygens (including phenoxy) is 1.